The number of fused-ring (bicyclic) bond motifs is 1. The van der Waals surface area contributed by atoms with E-state index in [1.807, 2.05) is 0 Å². The zero-order valence-corrected chi connectivity index (χ0v) is 17.3. The van der Waals surface area contributed by atoms with E-state index in [0.717, 1.165) is 17.3 Å². The van der Waals surface area contributed by atoms with Gasteiger partial charge in [-0.2, -0.15) is 0 Å². The van der Waals surface area contributed by atoms with Gasteiger partial charge in [0.15, 0.2) is 5.16 Å². The van der Waals surface area contributed by atoms with E-state index in [2.05, 4.69) is 15.6 Å². The number of para-hydroxylation sites is 1. The minimum absolute atomic E-state index is 0.171. The van der Waals surface area contributed by atoms with Gasteiger partial charge in [-0.15, -0.1) is 0 Å². The number of amides is 3. The molecule has 30 heavy (non-hydrogen) atoms. The molecular weight excluding hydrogens is 407 g/mol. The molecule has 156 valence electrons. The third-order valence-electron chi connectivity index (χ3n) is 4.31. The van der Waals surface area contributed by atoms with E-state index < -0.39 is 17.2 Å². The summed E-state index contributed by atoms with van der Waals surface area (Å²) in [6.07, 6.45) is 0. The maximum atomic E-state index is 13.3. The third-order valence-corrected chi connectivity index (χ3v) is 5.40. The molecule has 0 unspecified atom stereocenters. The summed E-state index contributed by atoms with van der Waals surface area (Å²) in [7, 11) is 0. The number of urea groups is 1. The first-order valence-electron chi connectivity index (χ1n) is 9.38. The summed E-state index contributed by atoms with van der Waals surface area (Å²) in [6.45, 7) is 3.94. The molecule has 0 spiro atoms. The van der Waals surface area contributed by atoms with Crippen molar-refractivity contribution in [2.75, 3.05) is 6.54 Å². The molecule has 0 radical (unpaired) electrons. The Morgan fingerprint density at radius 1 is 1.17 bits per heavy atom. The van der Waals surface area contributed by atoms with Crippen LogP contribution in [0.2, 0.25) is 0 Å². The molecule has 3 aromatic rings. The minimum Gasteiger partial charge on any atom is -0.338 e. The number of nitrogens with one attached hydrogen (secondary N) is 2. The van der Waals surface area contributed by atoms with Crippen molar-refractivity contribution < 1.29 is 14.0 Å². The second-order valence-corrected chi connectivity index (χ2v) is 7.85. The van der Waals surface area contributed by atoms with Crippen LogP contribution < -0.4 is 16.2 Å². The first-order valence-corrected chi connectivity index (χ1v) is 10.3. The van der Waals surface area contributed by atoms with Gasteiger partial charge in [-0.25, -0.2) is 14.2 Å². The Morgan fingerprint density at radius 3 is 2.57 bits per heavy atom. The van der Waals surface area contributed by atoms with Crippen LogP contribution in [0.5, 0.6) is 0 Å². The molecule has 1 aromatic heterocycles. The van der Waals surface area contributed by atoms with Crippen LogP contribution in [-0.4, -0.2) is 33.3 Å². The van der Waals surface area contributed by atoms with Crippen molar-refractivity contribution in [2.45, 2.75) is 30.8 Å². The van der Waals surface area contributed by atoms with Gasteiger partial charge in [-0.05, 0) is 43.7 Å². The van der Waals surface area contributed by atoms with Gasteiger partial charge in [0.2, 0.25) is 5.91 Å². The summed E-state index contributed by atoms with van der Waals surface area (Å²) in [5.74, 6) is -0.866. The molecule has 0 aliphatic carbocycles. The molecular formula is C21H21FN4O3S. The molecule has 7 nitrogen and oxygen atoms in total. The second kappa shape index (κ2) is 9.53. The second-order valence-electron chi connectivity index (χ2n) is 6.54. The predicted octanol–water partition coefficient (Wildman–Crippen LogP) is 2.91. The molecule has 0 aliphatic rings. The SMILES string of the molecule is CCNC(=O)NC(=O)[C@@H](C)Sc1nc2ccccc2c(=O)n1Cc1ccc(F)cc1. The van der Waals surface area contributed by atoms with Crippen molar-refractivity contribution >= 4 is 34.6 Å². The smallest absolute Gasteiger partial charge is 0.321 e. The van der Waals surface area contributed by atoms with Crippen molar-refractivity contribution in [3.8, 4) is 0 Å². The maximum absolute atomic E-state index is 13.3. The highest BCUT2D eigenvalue weighted by molar-refractivity contribution is 8.00. The van der Waals surface area contributed by atoms with Gasteiger partial charge in [0.05, 0.1) is 22.7 Å². The number of carbonyl (C=O) groups excluding carboxylic acids is 2. The summed E-state index contributed by atoms with van der Waals surface area (Å²) in [4.78, 5) is 41.6. The van der Waals surface area contributed by atoms with Crippen LogP contribution in [0.15, 0.2) is 58.5 Å². The van der Waals surface area contributed by atoms with Crippen LogP contribution in [0.4, 0.5) is 9.18 Å². The summed E-state index contributed by atoms with van der Waals surface area (Å²) >= 11 is 1.08. The number of carbonyl (C=O) groups is 2. The molecule has 3 rings (SSSR count). The fraction of sp³-hybridized carbons (Fsp3) is 0.238. The molecule has 1 heterocycles. The number of hydrogen-bond acceptors (Lipinski definition) is 5. The summed E-state index contributed by atoms with van der Waals surface area (Å²) in [5.41, 5.74) is 0.970. The van der Waals surface area contributed by atoms with E-state index >= 15 is 0 Å². The van der Waals surface area contributed by atoms with E-state index in [0.29, 0.717) is 22.6 Å². The number of thioether (sulfide) groups is 1. The topological polar surface area (TPSA) is 93.1 Å². The Kier molecular flexibility index (Phi) is 6.83. The highest BCUT2D eigenvalue weighted by atomic mass is 32.2. The monoisotopic (exact) mass is 428 g/mol. The first kappa shape index (κ1) is 21.5. The lowest BCUT2D eigenvalue weighted by Crippen LogP contribution is -2.42. The Hall–Kier alpha value is -3.20. The van der Waals surface area contributed by atoms with Crippen LogP contribution in [0.1, 0.15) is 19.4 Å². The van der Waals surface area contributed by atoms with E-state index in [1.165, 1.54) is 16.7 Å². The Labute approximate surface area is 176 Å². The number of rotatable bonds is 6. The first-order chi connectivity index (χ1) is 14.4. The quantitative estimate of drug-likeness (QED) is 0.465. The summed E-state index contributed by atoms with van der Waals surface area (Å²) < 4.78 is 14.7. The van der Waals surface area contributed by atoms with Crippen molar-refractivity contribution in [1.29, 1.82) is 0 Å². The van der Waals surface area contributed by atoms with Crippen molar-refractivity contribution in [2.24, 2.45) is 0 Å². The highest BCUT2D eigenvalue weighted by Gasteiger charge is 2.21. The van der Waals surface area contributed by atoms with Gasteiger partial charge in [0, 0.05) is 6.54 Å². The number of benzene rings is 2. The lowest BCUT2D eigenvalue weighted by Gasteiger charge is -2.16. The average Bonchev–Trinajstić information content (AvgIpc) is 2.72. The maximum Gasteiger partial charge on any atom is 0.321 e. The Bertz CT molecular complexity index is 1130. The van der Waals surface area contributed by atoms with Gasteiger partial charge in [-0.3, -0.25) is 19.5 Å². The van der Waals surface area contributed by atoms with Crippen LogP contribution in [-0.2, 0) is 11.3 Å². The number of hydrogen-bond donors (Lipinski definition) is 2. The van der Waals surface area contributed by atoms with Crippen LogP contribution in [0.25, 0.3) is 10.9 Å². The van der Waals surface area contributed by atoms with E-state index in [-0.39, 0.29) is 17.9 Å². The van der Waals surface area contributed by atoms with E-state index in [4.69, 9.17) is 0 Å². The Balaban J connectivity index is 1.95. The predicted molar refractivity (Wildman–Crippen MR) is 114 cm³/mol. The molecule has 0 fully saturated rings. The largest absolute Gasteiger partial charge is 0.338 e. The number of imide groups is 1. The van der Waals surface area contributed by atoms with Crippen LogP contribution in [0.3, 0.4) is 0 Å². The summed E-state index contributed by atoms with van der Waals surface area (Å²) in [5, 5.41) is 4.86. The zero-order chi connectivity index (χ0) is 21.7. The molecule has 1 atom stereocenters. The number of aromatic nitrogens is 2. The molecule has 9 heteroatoms. The van der Waals surface area contributed by atoms with Gasteiger partial charge in [0.25, 0.3) is 5.56 Å². The third kappa shape index (κ3) is 5.04. The van der Waals surface area contributed by atoms with Crippen LogP contribution >= 0.6 is 11.8 Å². The molecule has 0 aliphatic heterocycles. The fourth-order valence-corrected chi connectivity index (χ4v) is 3.69. The lowest BCUT2D eigenvalue weighted by molar-refractivity contribution is -0.119. The zero-order valence-electron chi connectivity index (χ0n) is 16.5. The molecule has 0 saturated heterocycles. The van der Waals surface area contributed by atoms with Crippen molar-refractivity contribution in [3.05, 3.63) is 70.3 Å². The molecule has 3 amide bonds. The van der Waals surface area contributed by atoms with Gasteiger partial charge in [0.1, 0.15) is 5.82 Å². The summed E-state index contributed by atoms with van der Waals surface area (Å²) in [6, 6.07) is 12.2. The lowest BCUT2D eigenvalue weighted by atomic mass is 10.2. The highest BCUT2D eigenvalue weighted by Crippen LogP contribution is 2.23. The Morgan fingerprint density at radius 2 is 1.87 bits per heavy atom. The normalized spacial score (nSPS) is 11.8. The van der Waals surface area contributed by atoms with Crippen LogP contribution in [0, 0.1) is 5.82 Å². The minimum atomic E-state index is -0.680. The number of halogens is 1. The van der Waals surface area contributed by atoms with Gasteiger partial charge in [-0.1, -0.05) is 36.0 Å². The van der Waals surface area contributed by atoms with E-state index in [1.54, 1.807) is 50.2 Å². The molecule has 2 aromatic carbocycles. The molecule has 0 bridgehead atoms. The standard InChI is InChI=1S/C21H21FN4O3S/c1-3-23-20(29)25-18(27)13(2)30-21-24-17-7-5-4-6-16(17)19(28)26(21)12-14-8-10-15(22)11-9-14/h4-11,13H,3,12H2,1-2H3,(H2,23,25,27,29)/t13-/m1/s1. The van der Waals surface area contributed by atoms with Gasteiger partial charge < -0.3 is 5.32 Å². The fourth-order valence-electron chi connectivity index (χ4n) is 2.78. The van der Waals surface area contributed by atoms with E-state index in [9.17, 15) is 18.8 Å². The molecule has 2 N–H and O–H groups in total. The average molecular weight is 428 g/mol. The van der Waals surface area contributed by atoms with Crippen molar-refractivity contribution in [3.63, 3.8) is 0 Å². The number of nitrogens with zero attached hydrogens (tertiary/aromatic N) is 2. The van der Waals surface area contributed by atoms with Crippen molar-refractivity contribution in [1.82, 2.24) is 20.2 Å². The van der Waals surface area contributed by atoms with Gasteiger partial charge >= 0.3 is 6.03 Å². The molecule has 0 saturated carbocycles.